The van der Waals surface area contributed by atoms with Crippen LogP contribution < -0.4 is 0 Å². The fraction of sp³-hybridized carbons (Fsp3) is 0.600. The van der Waals surface area contributed by atoms with Crippen molar-refractivity contribution in [3.63, 3.8) is 0 Å². The second kappa shape index (κ2) is 5.57. The summed E-state index contributed by atoms with van der Waals surface area (Å²) in [6.07, 6.45) is 9.31. The normalized spacial score (nSPS) is 17.9. The van der Waals surface area contributed by atoms with E-state index in [0.717, 1.165) is 23.5 Å². The highest BCUT2D eigenvalue weighted by Gasteiger charge is 2.34. The number of hydrogen-bond acceptors (Lipinski definition) is 3. The van der Waals surface area contributed by atoms with Crippen LogP contribution in [0.3, 0.4) is 0 Å². The lowest BCUT2D eigenvalue weighted by molar-refractivity contribution is 0.503. The number of fused-ring (bicyclic) bond motifs is 1. The van der Waals surface area contributed by atoms with Crippen LogP contribution in [-0.4, -0.2) is 25.5 Å². The van der Waals surface area contributed by atoms with E-state index in [4.69, 9.17) is 16.6 Å². The third-order valence-corrected chi connectivity index (χ3v) is 6.07. The Labute approximate surface area is 129 Å². The Balaban J connectivity index is 2.08. The van der Waals surface area contributed by atoms with Crippen molar-refractivity contribution in [2.75, 3.05) is 6.26 Å². The topological polar surface area (TPSA) is 30.7 Å². The summed E-state index contributed by atoms with van der Waals surface area (Å²) in [5, 5.41) is 0. The van der Waals surface area contributed by atoms with E-state index in [2.05, 4.69) is 22.7 Å². The van der Waals surface area contributed by atoms with Crippen molar-refractivity contribution in [1.29, 1.82) is 0 Å². The number of rotatable bonds is 4. The van der Waals surface area contributed by atoms with Crippen molar-refractivity contribution in [3.05, 3.63) is 23.7 Å². The predicted molar refractivity (Wildman–Crippen MR) is 86.5 cm³/mol. The van der Waals surface area contributed by atoms with Crippen molar-refractivity contribution < 1.29 is 0 Å². The SMILES string of the molecule is CSC1(Cn2c(CCl)nc3c(C)ccnc32)CCCC1. The van der Waals surface area contributed by atoms with Crippen LogP contribution in [0.1, 0.15) is 37.1 Å². The van der Waals surface area contributed by atoms with E-state index in [1.165, 1.54) is 31.2 Å². The molecule has 3 nitrogen and oxygen atoms in total. The molecule has 0 aliphatic heterocycles. The Morgan fingerprint density at radius 2 is 2.15 bits per heavy atom. The molecule has 0 atom stereocenters. The van der Waals surface area contributed by atoms with Crippen LogP contribution in [0.5, 0.6) is 0 Å². The zero-order valence-electron chi connectivity index (χ0n) is 12.0. The second-order valence-corrected chi connectivity index (χ2v) is 7.18. The van der Waals surface area contributed by atoms with Crippen molar-refractivity contribution in [2.24, 2.45) is 0 Å². The quantitative estimate of drug-likeness (QED) is 0.795. The number of nitrogens with zero attached hydrogens (tertiary/aromatic N) is 3. The summed E-state index contributed by atoms with van der Waals surface area (Å²) in [5.41, 5.74) is 3.16. The lowest BCUT2D eigenvalue weighted by Crippen LogP contribution is -2.27. The number of aromatic nitrogens is 3. The van der Waals surface area contributed by atoms with Gasteiger partial charge in [0.1, 0.15) is 11.3 Å². The van der Waals surface area contributed by atoms with E-state index < -0.39 is 0 Å². The summed E-state index contributed by atoms with van der Waals surface area (Å²) in [6, 6.07) is 2.01. The van der Waals surface area contributed by atoms with Gasteiger partial charge in [-0.3, -0.25) is 0 Å². The smallest absolute Gasteiger partial charge is 0.160 e. The van der Waals surface area contributed by atoms with E-state index in [1.807, 2.05) is 24.0 Å². The lowest BCUT2D eigenvalue weighted by atomic mass is 10.1. The molecule has 3 rings (SSSR count). The first kappa shape index (κ1) is 14.2. The van der Waals surface area contributed by atoms with Gasteiger partial charge < -0.3 is 4.57 Å². The molecular weight excluding hydrogens is 290 g/mol. The van der Waals surface area contributed by atoms with Gasteiger partial charge in [0.15, 0.2) is 5.65 Å². The third-order valence-electron chi connectivity index (χ3n) is 4.43. The molecule has 2 aromatic rings. The van der Waals surface area contributed by atoms with Gasteiger partial charge in [-0.15, -0.1) is 11.6 Å². The van der Waals surface area contributed by atoms with Gasteiger partial charge in [-0.1, -0.05) is 12.8 Å². The fourth-order valence-electron chi connectivity index (χ4n) is 3.19. The number of alkyl halides is 1. The Kier molecular flexibility index (Phi) is 3.95. The number of thioether (sulfide) groups is 1. The van der Waals surface area contributed by atoms with E-state index >= 15 is 0 Å². The molecule has 0 bridgehead atoms. The first-order valence-corrected chi connectivity index (χ1v) is 8.87. The molecule has 20 heavy (non-hydrogen) atoms. The number of pyridine rings is 1. The summed E-state index contributed by atoms with van der Waals surface area (Å²) in [6.45, 7) is 3.06. The maximum absolute atomic E-state index is 6.11. The maximum atomic E-state index is 6.11. The van der Waals surface area contributed by atoms with Gasteiger partial charge in [0, 0.05) is 17.5 Å². The molecule has 0 amide bonds. The molecule has 0 saturated heterocycles. The largest absolute Gasteiger partial charge is 0.310 e. The minimum absolute atomic E-state index is 0.333. The number of hydrogen-bond donors (Lipinski definition) is 0. The maximum Gasteiger partial charge on any atom is 0.160 e. The average Bonchev–Trinajstić information content (AvgIpc) is 3.06. The Bertz CT molecular complexity index is 617. The highest BCUT2D eigenvalue weighted by Crippen LogP contribution is 2.42. The van der Waals surface area contributed by atoms with Gasteiger partial charge in [0.2, 0.25) is 0 Å². The van der Waals surface area contributed by atoms with Crippen molar-refractivity contribution in [2.45, 2.75) is 49.8 Å². The zero-order chi connectivity index (χ0) is 14.2. The molecule has 0 N–H and O–H groups in total. The predicted octanol–water partition coefficient (Wildman–Crippen LogP) is 4.15. The van der Waals surface area contributed by atoms with Crippen molar-refractivity contribution >= 4 is 34.5 Å². The van der Waals surface area contributed by atoms with Gasteiger partial charge in [-0.25, -0.2) is 9.97 Å². The summed E-state index contributed by atoms with van der Waals surface area (Å²) >= 11 is 8.10. The Hall–Kier alpha value is -0.740. The molecule has 0 spiro atoms. The lowest BCUT2D eigenvalue weighted by Gasteiger charge is -2.28. The minimum atomic E-state index is 0.333. The number of imidazole rings is 1. The van der Waals surface area contributed by atoms with E-state index in [9.17, 15) is 0 Å². The minimum Gasteiger partial charge on any atom is -0.310 e. The molecule has 5 heteroatoms. The van der Waals surface area contributed by atoms with Gasteiger partial charge in [-0.05, 0) is 37.7 Å². The van der Waals surface area contributed by atoms with E-state index in [1.54, 1.807) is 0 Å². The zero-order valence-corrected chi connectivity index (χ0v) is 13.6. The van der Waals surface area contributed by atoms with Crippen molar-refractivity contribution in [3.8, 4) is 0 Å². The highest BCUT2D eigenvalue weighted by molar-refractivity contribution is 8.00. The van der Waals surface area contributed by atoms with E-state index in [0.29, 0.717) is 10.6 Å². The second-order valence-electron chi connectivity index (χ2n) is 5.64. The monoisotopic (exact) mass is 309 g/mol. The molecule has 108 valence electrons. The molecule has 1 fully saturated rings. The van der Waals surface area contributed by atoms with Crippen LogP contribution >= 0.6 is 23.4 Å². The van der Waals surface area contributed by atoms with Crippen molar-refractivity contribution in [1.82, 2.24) is 14.5 Å². The molecule has 1 saturated carbocycles. The molecular formula is C15H20ClN3S. The molecule has 2 heterocycles. The fourth-order valence-corrected chi connectivity index (χ4v) is 4.35. The standard InChI is InChI=1S/C15H20ClN3S/c1-11-5-8-17-14-13(11)18-12(9-16)19(14)10-15(20-2)6-3-4-7-15/h5,8H,3-4,6-7,9-10H2,1-2H3. The van der Waals surface area contributed by atoms with E-state index in [-0.39, 0.29) is 0 Å². The van der Waals surface area contributed by atoms with Gasteiger partial charge >= 0.3 is 0 Å². The number of halogens is 1. The van der Waals surface area contributed by atoms with Crippen LogP contribution in [0.15, 0.2) is 12.3 Å². The molecule has 0 radical (unpaired) electrons. The Morgan fingerprint density at radius 1 is 1.40 bits per heavy atom. The molecule has 0 aromatic carbocycles. The van der Waals surface area contributed by atoms with Gasteiger partial charge in [0.25, 0.3) is 0 Å². The summed E-state index contributed by atoms with van der Waals surface area (Å²) in [5.74, 6) is 1.39. The van der Waals surface area contributed by atoms with Crippen LogP contribution in [0, 0.1) is 6.92 Å². The molecule has 1 aliphatic rings. The summed E-state index contributed by atoms with van der Waals surface area (Å²) in [4.78, 5) is 9.25. The molecule has 1 aliphatic carbocycles. The van der Waals surface area contributed by atoms with Crippen LogP contribution in [-0.2, 0) is 12.4 Å². The highest BCUT2D eigenvalue weighted by atomic mass is 35.5. The summed E-state index contributed by atoms with van der Waals surface area (Å²) in [7, 11) is 0. The van der Waals surface area contributed by atoms with Crippen LogP contribution in [0.4, 0.5) is 0 Å². The first-order valence-electron chi connectivity index (χ1n) is 7.11. The van der Waals surface area contributed by atoms with Gasteiger partial charge in [0.05, 0.1) is 5.88 Å². The first-order chi connectivity index (χ1) is 9.69. The van der Waals surface area contributed by atoms with Crippen LogP contribution in [0.25, 0.3) is 11.2 Å². The molecule has 0 unspecified atom stereocenters. The molecule has 2 aromatic heterocycles. The van der Waals surface area contributed by atoms with Crippen LogP contribution in [0.2, 0.25) is 0 Å². The Morgan fingerprint density at radius 3 is 2.80 bits per heavy atom. The number of aryl methyl sites for hydroxylation is 1. The average molecular weight is 310 g/mol. The summed E-state index contributed by atoms with van der Waals surface area (Å²) < 4.78 is 2.58. The van der Waals surface area contributed by atoms with Gasteiger partial charge in [-0.2, -0.15) is 11.8 Å². The third kappa shape index (κ3) is 2.33.